The Morgan fingerprint density at radius 1 is 1.50 bits per heavy atom. The first-order chi connectivity index (χ1) is 8.27. The number of nitrogens with zero attached hydrogens (tertiary/aromatic N) is 1. The minimum absolute atomic E-state index is 0.0512. The second kappa shape index (κ2) is 5.39. The second-order valence-electron chi connectivity index (χ2n) is 4.53. The van der Waals surface area contributed by atoms with Crippen LogP contribution in [0.4, 0.5) is 0 Å². The van der Waals surface area contributed by atoms with Gasteiger partial charge in [0.15, 0.2) is 5.84 Å². The Hall–Kier alpha value is -1.56. The Kier molecular flexibility index (Phi) is 4.34. The molecule has 0 bridgehead atoms. The van der Waals surface area contributed by atoms with Crippen LogP contribution in [0.25, 0.3) is 0 Å². The highest BCUT2D eigenvalue weighted by atomic mass is 79.9. The lowest BCUT2D eigenvalue weighted by Crippen LogP contribution is -2.53. The van der Waals surface area contributed by atoms with Gasteiger partial charge < -0.3 is 16.3 Å². The van der Waals surface area contributed by atoms with E-state index in [1.807, 2.05) is 6.92 Å². The molecule has 0 saturated carbocycles. The quantitative estimate of drug-likeness (QED) is 0.345. The molecular formula is C12H16BrN3O2. The van der Waals surface area contributed by atoms with Crippen molar-refractivity contribution in [3.8, 4) is 0 Å². The largest absolute Gasteiger partial charge is 0.409 e. The topological polar surface area (TPSA) is 87.7 Å². The lowest BCUT2D eigenvalue weighted by molar-refractivity contribution is 0.0930. The van der Waals surface area contributed by atoms with E-state index < -0.39 is 5.54 Å². The molecule has 18 heavy (non-hydrogen) atoms. The number of benzene rings is 1. The van der Waals surface area contributed by atoms with Crippen LogP contribution in [0.5, 0.6) is 0 Å². The molecule has 0 radical (unpaired) electrons. The van der Waals surface area contributed by atoms with E-state index >= 15 is 0 Å². The third-order valence-electron chi connectivity index (χ3n) is 2.59. The smallest absolute Gasteiger partial charge is 0.252 e. The normalized spacial score (nSPS) is 12.3. The van der Waals surface area contributed by atoms with E-state index in [9.17, 15) is 4.79 Å². The van der Waals surface area contributed by atoms with Gasteiger partial charge >= 0.3 is 0 Å². The Labute approximate surface area is 114 Å². The molecule has 0 aliphatic rings. The number of amides is 1. The Bertz CT molecular complexity index is 498. The molecule has 98 valence electrons. The fraction of sp³-hybridized carbons (Fsp3) is 0.333. The molecule has 6 heteroatoms. The van der Waals surface area contributed by atoms with E-state index in [2.05, 4.69) is 26.4 Å². The molecule has 0 fully saturated rings. The molecule has 0 spiro atoms. The highest BCUT2D eigenvalue weighted by molar-refractivity contribution is 9.10. The fourth-order valence-electron chi connectivity index (χ4n) is 1.33. The predicted molar refractivity (Wildman–Crippen MR) is 73.8 cm³/mol. The molecule has 0 heterocycles. The Morgan fingerprint density at radius 2 is 2.11 bits per heavy atom. The lowest BCUT2D eigenvalue weighted by Gasteiger charge is -2.24. The number of amidine groups is 1. The summed E-state index contributed by atoms with van der Waals surface area (Å²) in [6.45, 7) is 5.22. The maximum Gasteiger partial charge on any atom is 0.252 e. The summed E-state index contributed by atoms with van der Waals surface area (Å²) >= 11 is 3.37. The van der Waals surface area contributed by atoms with E-state index in [1.165, 1.54) is 0 Å². The van der Waals surface area contributed by atoms with Gasteiger partial charge in [-0.25, -0.2) is 0 Å². The fourth-order valence-corrected chi connectivity index (χ4v) is 1.58. The molecule has 1 aromatic carbocycles. The second-order valence-corrected chi connectivity index (χ2v) is 5.38. The minimum atomic E-state index is -0.910. The first-order valence-corrected chi connectivity index (χ1v) is 6.14. The van der Waals surface area contributed by atoms with Crippen molar-refractivity contribution < 1.29 is 10.0 Å². The standard InChI is InChI=1S/C12H16BrN3O2/c1-7-6-8(4-5-9(7)13)10(17)15-12(2,3)11(14)16-18/h4-6,18H,1-3H3,(H2,14,16)(H,15,17). The van der Waals surface area contributed by atoms with Crippen LogP contribution in [0.15, 0.2) is 27.8 Å². The molecular weight excluding hydrogens is 298 g/mol. The number of hydrogen-bond donors (Lipinski definition) is 3. The van der Waals surface area contributed by atoms with Crippen LogP contribution in [0.3, 0.4) is 0 Å². The Balaban J connectivity index is 2.92. The van der Waals surface area contributed by atoms with Crippen LogP contribution in [0.1, 0.15) is 29.8 Å². The summed E-state index contributed by atoms with van der Waals surface area (Å²) in [5.74, 6) is -0.327. The highest BCUT2D eigenvalue weighted by Gasteiger charge is 2.26. The summed E-state index contributed by atoms with van der Waals surface area (Å²) in [4.78, 5) is 12.0. The monoisotopic (exact) mass is 313 g/mol. The average molecular weight is 314 g/mol. The van der Waals surface area contributed by atoms with Gasteiger partial charge in [-0.1, -0.05) is 21.1 Å². The van der Waals surface area contributed by atoms with Crippen molar-refractivity contribution >= 4 is 27.7 Å². The van der Waals surface area contributed by atoms with Crippen molar-refractivity contribution in [1.82, 2.24) is 5.32 Å². The maximum absolute atomic E-state index is 12.0. The first-order valence-electron chi connectivity index (χ1n) is 5.34. The average Bonchev–Trinajstić information content (AvgIpc) is 2.30. The van der Waals surface area contributed by atoms with Crippen LogP contribution in [-0.4, -0.2) is 22.5 Å². The number of nitrogens with one attached hydrogen (secondary N) is 1. The van der Waals surface area contributed by atoms with Gasteiger partial charge in [0.2, 0.25) is 0 Å². The molecule has 5 nitrogen and oxygen atoms in total. The van der Waals surface area contributed by atoms with E-state index in [0.29, 0.717) is 5.56 Å². The van der Waals surface area contributed by atoms with Gasteiger partial charge in [0.25, 0.3) is 5.91 Å². The zero-order valence-corrected chi connectivity index (χ0v) is 12.1. The van der Waals surface area contributed by atoms with Gasteiger partial charge in [0.05, 0.1) is 5.54 Å². The minimum Gasteiger partial charge on any atom is -0.409 e. The van der Waals surface area contributed by atoms with Gasteiger partial charge in [-0.05, 0) is 44.5 Å². The molecule has 0 aliphatic heterocycles. The van der Waals surface area contributed by atoms with E-state index in [0.717, 1.165) is 10.0 Å². The Morgan fingerprint density at radius 3 is 2.61 bits per heavy atom. The zero-order chi connectivity index (χ0) is 13.9. The number of carbonyl (C=O) groups is 1. The van der Waals surface area contributed by atoms with Gasteiger partial charge in [-0.3, -0.25) is 4.79 Å². The molecule has 1 rings (SSSR count). The predicted octanol–water partition coefficient (Wildman–Crippen LogP) is 2.01. The van der Waals surface area contributed by atoms with Gasteiger partial charge in [0.1, 0.15) is 0 Å². The van der Waals surface area contributed by atoms with Crippen molar-refractivity contribution in [2.45, 2.75) is 26.3 Å². The summed E-state index contributed by atoms with van der Waals surface area (Å²) in [6.07, 6.45) is 0. The SMILES string of the molecule is Cc1cc(C(=O)NC(C)(C)/C(N)=N/O)ccc1Br. The highest BCUT2D eigenvalue weighted by Crippen LogP contribution is 2.17. The summed E-state index contributed by atoms with van der Waals surface area (Å²) in [7, 11) is 0. The van der Waals surface area contributed by atoms with Crippen LogP contribution < -0.4 is 11.1 Å². The van der Waals surface area contributed by atoms with E-state index in [4.69, 9.17) is 10.9 Å². The molecule has 1 amide bonds. The summed E-state index contributed by atoms with van der Waals surface area (Å²) < 4.78 is 0.940. The van der Waals surface area contributed by atoms with Crippen molar-refractivity contribution in [3.63, 3.8) is 0 Å². The third kappa shape index (κ3) is 3.22. The number of aryl methyl sites for hydroxylation is 1. The summed E-state index contributed by atoms with van der Waals surface area (Å²) in [6, 6.07) is 5.28. The maximum atomic E-state index is 12.0. The zero-order valence-electron chi connectivity index (χ0n) is 10.5. The number of oxime groups is 1. The van der Waals surface area contributed by atoms with Crippen LogP contribution in [0, 0.1) is 6.92 Å². The van der Waals surface area contributed by atoms with Crippen molar-refractivity contribution in [2.75, 3.05) is 0 Å². The molecule has 0 aromatic heterocycles. The lowest BCUT2D eigenvalue weighted by atomic mass is 10.0. The number of carbonyl (C=O) groups excluding carboxylic acids is 1. The molecule has 1 aromatic rings. The van der Waals surface area contributed by atoms with E-state index in [1.54, 1.807) is 32.0 Å². The summed E-state index contributed by atoms with van der Waals surface area (Å²) in [5.41, 5.74) is 6.08. The van der Waals surface area contributed by atoms with Crippen LogP contribution in [0.2, 0.25) is 0 Å². The molecule has 0 saturated heterocycles. The molecule has 0 aliphatic carbocycles. The number of rotatable bonds is 3. The third-order valence-corrected chi connectivity index (χ3v) is 3.48. The van der Waals surface area contributed by atoms with Crippen molar-refractivity contribution in [1.29, 1.82) is 0 Å². The number of halogens is 1. The van der Waals surface area contributed by atoms with Gasteiger partial charge in [-0.15, -0.1) is 0 Å². The van der Waals surface area contributed by atoms with Crippen molar-refractivity contribution in [3.05, 3.63) is 33.8 Å². The van der Waals surface area contributed by atoms with Crippen LogP contribution >= 0.6 is 15.9 Å². The summed E-state index contributed by atoms with van der Waals surface area (Å²) in [5, 5.41) is 14.3. The van der Waals surface area contributed by atoms with E-state index in [-0.39, 0.29) is 11.7 Å². The van der Waals surface area contributed by atoms with Gasteiger partial charge in [-0.2, -0.15) is 0 Å². The molecule has 0 unspecified atom stereocenters. The van der Waals surface area contributed by atoms with Gasteiger partial charge in [0, 0.05) is 10.0 Å². The molecule has 0 atom stereocenters. The number of nitrogens with two attached hydrogens (primary N) is 1. The molecule has 4 N–H and O–H groups in total. The van der Waals surface area contributed by atoms with Crippen LogP contribution in [-0.2, 0) is 0 Å². The number of hydrogen-bond acceptors (Lipinski definition) is 3. The first kappa shape index (κ1) is 14.5. The van der Waals surface area contributed by atoms with Crippen molar-refractivity contribution in [2.24, 2.45) is 10.9 Å².